The molecule has 1 aliphatic heterocycles. The van der Waals surface area contributed by atoms with Crippen LogP contribution in [0, 0.1) is 0 Å². The Morgan fingerprint density at radius 2 is 2.19 bits per heavy atom. The van der Waals surface area contributed by atoms with Gasteiger partial charge in [-0.2, -0.15) is 0 Å². The maximum absolute atomic E-state index is 11.5. The van der Waals surface area contributed by atoms with E-state index < -0.39 is 0 Å². The van der Waals surface area contributed by atoms with Crippen LogP contribution in [-0.2, 0) is 14.3 Å². The number of rotatable bonds is 4. The van der Waals surface area contributed by atoms with Gasteiger partial charge in [-0.05, 0) is 32.1 Å². The third-order valence-electron chi connectivity index (χ3n) is 3.28. The molecule has 0 bridgehead atoms. The molecular weight excluding hydrogens is 206 g/mol. The first-order valence-electron chi connectivity index (χ1n) is 6.36. The predicted molar refractivity (Wildman–Crippen MR) is 60.2 cm³/mol. The van der Waals surface area contributed by atoms with E-state index in [1.54, 1.807) is 0 Å². The molecule has 0 amide bonds. The zero-order valence-electron chi connectivity index (χ0n) is 9.74. The topological polar surface area (TPSA) is 47.6 Å². The fourth-order valence-corrected chi connectivity index (χ4v) is 2.33. The largest absolute Gasteiger partial charge is 0.462 e. The SMILES string of the molecule is O=C(CCC1CNCCO1)OC1CCCC1. The van der Waals surface area contributed by atoms with Gasteiger partial charge in [0.2, 0.25) is 0 Å². The van der Waals surface area contributed by atoms with Gasteiger partial charge in [0.1, 0.15) is 6.10 Å². The van der Waals surface area contributed by atoms with Crippen LogP contribution in [0.3, 0.4) is 0 Å². The molecule has 1 N–H and O–H groups in total. The molecule has 92 valence electrons. The molecule has 4 nitrogen and oxygen atoms in total. The highest BCUT2D eigenvalue weighted by Gasteiger charge is 2.20. The molecule has 1 saturated carbocycles. The molecule has 0 aromatic heterocycles. The van der Waals surface area contributed by atoms with E-state index in [-0.39, 0.29) is 18.2 Å². The predicted octanol–water partition coefficient (Wildman–Crippen LogP) is 1.24. The van der Waals surface area contributed by atoms with Crippen molar-refractivity contribution in [3.63, 3.8) is 0 Å². The van der Waals surface area contributed by atoms with Crippen molar-refractivity contribution in [2.75, 3.05) is 19.7 Å². The third kappa shape index (κ3) is 3.76. The first-order valence-corrected chi connectivity index (χ1v) is 6.36. The van der Waals surface area contributed by atoms with Crippen molar-refractivity contribution in [3.05, 3.63) is 0 Å². The number of morpholine rings is 1. The Kier molecular flexibility index (Phi) is 4.60. The molecule has 0 aromatic carbocycles. The summed E-state index contributed by atoms with van der Waals surface area (Å²) >= 11 is 0. The molecule has 1 atom stereocenters. The highest BCUT2D eigenvalue weighted by atomic mass is 16.5. The molecule has 1 aliphatic carbocycles. The van der Waals surface area contributed by atoms with Crippen LogP contribution >= 0.6 is 0 Å². The Balaban J connectivity index is 1.59. The number of carbonyl (C=O) groups is 1. The Morgan fingerprint density at radius 3 is 2.88 bits per heavy atom. The molecule has 1 heterocycles. The van der Waals surface area contributed by atoms with Crippen LogP contribution in [0.4, 0.5) is 0 Å². The Hall–Kier alpha value is -0.610. The van der Waals surface area contributed by atoms with Gasteiger partial charge in [-0.1, -0.05) is 0 Å². The lowest BCUT2D eigenvalue weighted by Crippen LogP contribution is -2.38. The van der Waals surface area contributed by atoms with E-state index in [2.05, 4.69) is 5.32 Å². The first kappa shape index (κ1) is 11.9. The van der Waals surface area contributed by atoms with Crippen molar-refractivity contribution in [1.82, 2.24) is 5.32 Å². The van der Waals surface area contributed by atoms with Crippen LogP contribution in [0.2, 0.25) is 0 Å². The van der Waals surface area contributed by atoms with Gasteiger partial charge in [0.15, 0.2) is 0 Å². The van der Waals surface area contributed by atoms with Crippen molar-refractivity contribution in [3.8, 4) is 0 Å². The second-order valence-corrected chi connectivity index (χ2v) is 4.63. The quantitative estimate of drug-likeness (QED) is 0.734. The average Bonchev–Trinajstić information content (AvgIpc) is 2.81. The molecule has 2 aliphatic rings. The van der Waals surface area contributed by atoms with Crippen LogP contribution < -0.4 is 5.32 Å². The molecule has 0 aromatic rings. The Bertz CT molecular complexity index is 220. The molecule has 1 unspecified atom stereocenters. The highest BCUT2D eigenvalue weighted by molar-refractivity contribution is 5.69. The molecule has 1 saturated heterocycles. The summed E-state index contributed by atoms with van der Waals surface area (Å²) in [5.74, 6) is -0.0546. The fourth-order valence-electron chi connectivity index (χ4n) is 2.33. The van der Waals surface area contributed by atoms with E-state index >= 15 is 0 Å². The second-order valence-electron chi connectivity index (χ2n) is 4.63. The lowest BCUT2D eigenvalue weighted by molar-refractivity contribution is -0.149. The van der Waals surface area contributed by atoms with Crippen LogP contribution in [0.25, 0.3) is 0 Å². The smallest absolute Gasteiger partial charge is 0.306 e. The van der Waals surface area contributed by atoms with Gasteiger partial charge in [0.05, 0.1) is 12.7 Å². The number of hydrogen-bond donors (Lipinski definition) is 1. The zero-order valence-corrected chi connectivity index (χ0v) is 9.74. The summed E-state index contributed by atoms with van der Waals surface area (Å²) in [4.78, 5) is 11.5. The summed E-state index contributed by atoms with van der Waals surface area (Å²) < 4.78 is 10.9. The van der Waals surface area contributed by atoms with E-state index in [0.29, 0.717) is 6.42 Å². The maximum atomic E-state index is 11.5. The molecular formula is C12H21NO3. The minimum absolute atomic E-state index is 0.0546. The molecule has 16 heavy (non-hydrogen) atoms. The lowest BCUT2D eigenvalue weighted by Gasteiger charge is -2.23. The molecule has 2 fully saturated rings. The van der Waals surface area contributed by atoms with Gasteiger partial charge in [0.25, 0.3) is 0 Å². The minimum atomic E-state index is -0.0546. The van der Waals surface area contributed by atoms with Crippen LogP contribution in [0.5, 0.6) is 0 Å². The van der Waals surface area contributed by atoms with Crippen molar-refractivity contribution in [1.29, 1.82) is 0 Å². The van der Waals surface area contributed by atoms with E-state index in [0.717, 1.165) is 39.0 Å². The fraction of sp³-hybridized carbons (Fsp3) is 0.917. The third-order valence-corrected chi connectivity index (χ3v) is 3.28. The molecule has 0 spiro atoms. The summed E-state index contributed by atoms with van der Waals surface area (Å²) in [6, 6.07) is 0. The van der Waals surface area contributed by atoms with Crippen molar-refractivity contribution >= 4 is 5.97 Å². The van der Waals surface area contributed by atoms with Gasteiger partial charge in [0, 0.05) is 19.5 Å². The van der Waals surface area contributed by atoms with Crippen molar-refractivity contribution < 1.29 is 14.3 Å². The van der Waals surface area contributed by atoms with E-state index in [1.807, 2.05) is 0 Å². The van der Waals surface area contributed by atoms with Gasteiger partial charge < -0.3 is 14.8 Å². The number of nitrogens with one attached hydrogen (secondary N) is 1. The van der Waals surface area contributed by atoms with E-state index in [9.17, 15) is 4.79 Å². The summed E-state index contributed by atoms with van der Waals surface area (Å²) in [7, 11) is 0. The van der Waals surface area contributed by atoms with Crippen molar-refractivity contribution in [2.24, 2.45) is 0 Å². The van der Waals surface area contributed by atoms with Crippen molar-refractivity contribution in [2.45, 2.75) is 50.7 Å². The molecule has 0 radical (unpaired) electrons. The number of ether oxygens (including phenoxy) is 2. The number of hydrogen-bond acceptors (Lipinski definition) is 4. The Labute approximate surface area is 96.7 Å². The van der Waals surface area contributed by atoms with Gasteiger partial charge >= 0.3 is 5.97 Å². The first-order chi connectivity index (χ1) is 7.84. The standard InChI is InChI=1S/C12H21NO3/c14-12(16-10-3-1-2-4-10)6-5-11-9-13-7-8-15-11/h10-11,13H,1-9H2. The molecule has 2 rings (SSSR count). The zero-order chi connectivity index (χ0) is 11.2. The van der Waals surface area contributed by atoms with Crippen LogP contribution in [-0.4, -0.2) is 37.9 Å². The van der Waals surface area contributed by atoms with E-state index in [1.165, 1.54) is 12.8 Å². The summed E-state index contributed by atoms with van der Waals surface area (Å²) in [5, 5.41) is 3.25. The number of esters is 1. The maximum Gasteiger partial charge on any atom is 0.306 e. The van der Waals surface area contributed by atoms with Crippen LogP contribution in [0.1, 0.15) is 38.5 Å². The summed E-state index contributed by atoms with van der Waals surface area (Å²) in [6.07, 6.45) is 6.14. The lowest BCUT2D eigenvalue weighted by atomic mass is 10.2. The average molecular weight is 227 g/mol. The Morgan fingerprint density at radius 1 is 1.38 bits per heavy atom. The normalized spacial score (nSPS) is 26.9. The monoisotopic (exact) mass is 227 g/mol. The van der Waals surface area contributed by atoms with E-state index in [4.69, 9.17) is 9.47 Å². The second kappa shape index (κ2) is 6.21. The van der Waals surface area contributed by atoms with Gasteiger partial charge in [-0.15, -0.1) is 0 Å². The summed E-state index contributed by atoms with van der Waals surface area (Å²) in [6.45, 7) is 2.53. The number of carbonyl (C=O) groups excluding carboxylic acids is 1. The van der Waals surface area contributed by atoms with Gasteiger partial charge in [-0.3, -0.25) is 4.79 Å². The summed E-state index contributed by atoms with van der Waals surface area (Å²) in [5.41, 5.74) is 0. The highest BCUT2D eigenvalue weighted by Crippen LogP contribution is 2.21. The molecule has 4 heteroatoms. The minimum Gasteiger partial charge on any atom is -0.462 e. The van der Waals surface area contributed by atoms with Crippen LogP contribution in [0.15, 0.2) is 0 Å². The van der Waals surface area contributed by atoms with Gasteiger partial charge in [-0.25, -0.2) is 0 Å².